The van der Waals surface area contributed by atoms with Crippen molar-refractivity contribution in [3.8, 4) is 0 Å². The van der Waals surface area contributed by atoms with Crippen LogP contribution in [0.1, 0.15) is 34.6 Å². The highest BCUT2D eigenvalue weighted by Gasteiger charge is 2.37. The van der Waals surface area contributed by atoms with E-state index in [9.17, 15) is 9.59 Å². The molecule has 5 nitrogen and oxygen atoms in total. The quantitative estimate of drug-likeness (QED) is 0.814. The zero-order chi connectivity index (χ0) is 14.3. The minimum absolute atomic E-state index is 0.177. The van der Waals surface area contributed by atoms with Gasteiger partial charge in [-0.25, -0.2) is 0 Å². The van der Waals surface area contributed by atoms with Crippen LogP contribution in [0.15, 0.2) is 24.3 Å². The maximum Gasteiger partial charge on any atom is 0.262 e. The molecular weight excluding hydrogens is 254 g/mol. The molecule has 0 spiro atoms. The fourth-order valence-corrected chi connectivity index (χ4v) is 2.84. The molecule has 106 valence electrons. The van der Waals surface area contributed by atoms with Crippen molar-refractivity contribution in [2.24, 2.45) is 0 Å². The standard InChI is InChI=1S/C15H19N3O2/c1-10-8-17(11(2)7-16-10)9-18-14(19)12-5-3-4-6-13(12)15(18)20/h3-6,10-11,16H,7-9H2,1-2H3. The van der Waals surface area contributed by atoms with Crippen LogP contribution in [-0.4, -0.2) is 53.5 Å². The molecule has 0 saturated carbocycles. The summed E-state index contributed by atoms with van der Waals surface area (Å²) in [5, 5.41) is 3.40. The van der Waals surface area contributed by atoms with Gasteiger partial charge in [-0.05, 0) is 26.0 Å². The largest absolute Gasteiger partial charge is 0.311 e. The summed E-state index contributed by atoms with van der Waals surface area (Å²) in [6.45, 7) is 6.32. The van der Waals surface area contributed by atoms with E-state index in [1.165, 1.54) is 4.90 Å². The van der Waals surface area contributed by atoms with Crippen molar-refractivity contribution in [2.45, 2.75) is 25.9 Å². The van der Waals surface area contributed by atoms with E-state index in [1.54, 1.807) is 24.3 Å². The zero-order valence-electron chi connectivity index (χ0n) is 11.8. The van der Waals surface area contributed by atoms with E-state index in [2.05, 4.69) is 24.1 Å². The Morgan fingerprint density at radius 2 is 1.75 bits per heavy atom. The molecule has 1 N–H and O–H groups in total. The van der Waals surface area contributed by atoms with Gasteiger partial charge in [-0.2, -0.15) is 0 Å². The fraction of sp³-hybridized carbons (Fsp3) is 0.467. The van der Waals surface area contributed by atoms with Gasteiger partial charge in [0.05, 0.1) is 17.8 Å². The number of rotatable bonds is 2. The van der Waals surface area contributed by atoms with Gasteiger partial charge in [-0.3, -0.25) is 19.4 Å². The van der Waals surface area contributed by atoms with E-state index < -0.39 is 0 Å². The van der Waals surface area contributed by atoms with Crippen molar-refractivity contribution in [1.29, 1.82) is 0 Å². The van der Waals surface area contributed by atoms with E-state index in [4.69, 9.17) is 0 Å². The second-order valence-electron chi connectivity index (χ2n) is 5.65. The summed E-state index contributed by atoms with van der Waals surface area (Å²) in [4.78, 5) is 28.2. The summed E-state index contributed by atoms with van der Waals surface area (Å²) in [5.74, 6) is -0.354. The van der Waals surface area contributed by atoms with Crippen LogP contribution in [0.2, 0.25) is 0 Å². The number of hydrogen-bond acceptors (Lipinski definition) is 4. The third-order valence-corrected chi connectivity index (χ3v) is 4.09. The van der Waals surface area contributed by atoms with E-state index in [1.807, 2.05) is 0 Å². The first-order valence-corrected chi connectivity index (χ1v) is 7.00. The van der Waals surface area contributed by atoms with Crippen molar-refractivity contribution in [1.82, 2.24) is 15.1 Å². The lowest BCUT2D eigenvalue weighted by Gasteiger charge is -2.38. The highest BCUT2D eigenvalue weighted by molar-refractivity contribution is 6.21. The number of imide groups is 1. The molecule has 20 heavy (non-hydrogen) atoms. The van der Waals surface area contributed by atoms with Gasteiger partial charge in [0.25, 0.3) is 11.8 Å². The highest BCUT2D eigenvalue weighted by Crippen LogP contribution is 2.23. The Labute approximate surface area is 118 Å². The SMILES string of the molecule is CC1CN(CN2C(=O)c3ccccc3C2=O)C(C)CN1. The highest BCUT2D eigenvalue weighted by atomic mass is 16.2. The van der Waals surface area contributed by atoms with Crippen LogP contribution in [0, 0.1) is 0 Å². The Bertz CT molecular complexity index is 523. The van der Waals surface area contributed by atoms with Crippen molar-refractivity contribution in [3.05, 3.63) is 35.4 Å². The predicted molar refractivity (Wildman–Crippen MR) is 75.4 cm³/mol. The number of amides is 2. The normalized spacial score (nSPS) is 27.0. The lowest BCUT2D eigenvalue weighted by molar-refractivity contribution is 0.0426. The van der Waals surface area contributed by atoms with Crippen molar-refractivity contribution < 1.29 is 9.59 Å². The topological polar surface area (TPSA) is 52.7 Å². The summed E-state index contributed by atoms with van der Waals surface area (Å²) in [5.41, 5.74) is 1.04. The molecule has 0 radical (unpaired) electrons. The van der Waals surface area contributed by atoms with Crippen LogP contribution in [0.5, 0.6) is 0 Å². The van der Waals surface area contributed by atoms with Gasteiger partial charge in [-0.15, -0.1) is 0 Å². The number of nitrogens with one attached hydrogen (secondary N) is 1. The van der Waals surface area contributed by atoms with Crippen LogP contribution >= 0.6 is 0 Å². The van der Waals surface area contributed by atoms with E-state index >= 15 is 0 Å². The number of carbonyl (C=O) groups is 2. The molecule has 0 aromatic heterocycles. The number of piperazine rings is 1. The van der Waals surface area contributed by atoms with Gasteiger partial charge in [0.1, 0.15) is 0 Å². The van der Waals surface area contributed by atoms with Crippen LogP contribution in [0.25, 0.3) is 0 Å². The third kappa shape index (κ3) is 2.13. The summed E-state index contributed by atoms with van der Waals surface area (Å²) < 4.78 is 0. The Balaban J connectivity index is 1.79. The summed E-state index contributed by atoms with van der Waals surface area (Å²) in [6, 6.07) is 7.72. The maximum absolute atomic E-state index is 12.3. The molecule has 1 aromatic rings. The molecule has 1 aromatic carbocycles. The van der Waals surface area contributed by atoms with Crippen LogP contribution in [0.4, 0.5) is 0 Å². The summed E-state index contributed by atoms with van der Waals surface area (Å²) in [7, 11) is 0. The van der Waals surface area contributed by atoms with Crippen LogP contribution in [0.3, 0.4) is 0 Å². The molecule has 5 heteroatoms. The Morgan fingerprint density at radius 1 is 1.15 bits per heavy atom. The molecule has 2 amide bonds. The number of hydrogen-bond donors (Lipinski definition) is 1. The van der Waals surface area contributed by atoms with E-state index in [0.717, 1.165) is 13.1 Å². The molecule has 1 saturated heterocycles. The van der Waals surface area contributed by atoms with Crippen LogP contribution < -0.4 is 5.32 Å². The molecule has 2 atom stereocenters. The molecule has 0 bridgehead atoms. The first-order valence-electron chi connectivity index (χ1n) is 7.00. The molecule has 2 unspecified atom stereocenters. The summed E-state index contributed by atoms with van der Waals surface area (Å²) >= 11 is 0. The first kappa shape index (κ1) is 13.3. The molecule has 2 aliphatic heterocycles. The zero-order valence-corrected chi connectivity index (χ0v) is 11.8. The minimum Gasteiger partial charge on any atom is -0.311 e. The Kier molecular flexibility index (Phi) is 3.31. The molecular formula is C15H19N3O2. The second-order valence-corrected chi connectivity index (χ2v) is 5.65. The smallest absolute Gasteiger partial charge is 0.262 e. The second kappa shape index (κ2) is 5.00. The molecule has 2 aliphatic rings. The van der Waals surface area contributed by atoms with Gasteiger partial charge in [0.2, 0.25) is 0 Å². The lowest BCUT2D eigenvalue weighted by atomic mass is 10.1. The Hall–Kier alpha value is -1.72. The number of fused-ring (bicyclic) bond motifs is 1. The van der Waals surface area contributed by atoms with Gasteiger partial charge in [0, 0.05) is 25.2 Å². The first-order chi connectivity index (χ1) is 9.58. The number of benzene rings is 1. The molecule has 1 fully saturated rings. The van der Waals surface area contributed by atoms with Gasteiger partial charge < -0.3 is 5.32 Å². The average molecular weight is 273 g/mol. The van der Waals surface area contributed by atoms with Gasteiger partial charge >= 0.3 is 0 Å². The molecule has 0 aliphatic carbocycles. The van der Waals surface area contributed by atoms with E-state index in [0.29, 0.717) is 29.9 Å². The van der Waals surface area contributed by atoms with Gasteiger partial charge in [0.15, 0.2) is 0 Å². The molecule has 3 rings (SSSR count). The van der Waals surface area contributed by atoms with E-state index in [-0.39, 0.29) is 11.8 Å². The van der Waals surface area contributed by atoms with Crippen molar-refractivity contribution in [2.75, 3.05) is 19.8 Å². The number of carbonyl (C=O) groups excluding carboxylic acids is 2. The maximum atomic E-state index is 12.3. The Morgan fingerprint density at radius 3 is 2.35 bits per heavy atom. The van der Waals surface area contributed by atoms with Gasteiger partial charge in [-0.1, -0.05) is 12.1 Å². The molecule has 2 heterocycles. The van der Waals surface area contributed by atoms with Crippen LogP contribution in [-0.2, 0) is 0 Å². The fourth-order valence-electron chi connectivity index (χ4n) is 2.84. The minimum atomic E-state index is -0.177. The monoisotopic (exact) mass is 273 g/mol. The third-order valence-electron chi connectivity index (χ3n) is 4.09. The average Bonchev–Trinajstić information content (AvgIpc) is 2.68. The van der Waals surface area contributed by atoms with Crippen molar-refractivity contribution >= 4 is 11.8 Å². The number of nitrogens with zero attached hydrogens (tertiary/aromatic N) is 2. The van der Waals surface area contributed by atoms with Crippen molar-refractivity contribution in [3.63, 3.8) is 0 Å². The predicted octanol–water partition coefficient (Wildman–Crippen LogP) is 0.922. The lowest BCUT2D eigenvalue weighted by Crippen LogP contribution is -2.57. The summed E-state index contributed by atoms with van der Waals surface area (Å²) in [6.07, 6.45) is 0.